The lowest BCUT2D eigenvalue weighted by Gasteiger charge is -2.36. The number of ether oxygens (including phenoxy) is 1. The van der Waals surface area contributed by atoms with E-state index in [1.54, 1.807) is 31.9 Å². The Hall–Kier alpha value is -3.57. The number of hydrogen-bond donors (Lipinski definition) is 3. The number of fused-ring (bicyclic) bond motifs is 2. The molecule has 0 spiro atoms. The highest BCUT2D eigenvalue weighted by Gasteiger charge is 2.35. The van der Waals surface area contributed by atoms with Gasteiger partial charge in [0.15, 0.2) is 11.5 Å². The average Bonchev–Trinajstić information content (AvgIpc) is 3.43. The number of aromatic nitrogens is 6. The van der Waals surface area contributed by atoms with Crippen LogP contribution >= 0.6 is 0 Å². The van der Waals surface area contributed by atoms with Gasteiger partial charge in [0.05, 0.1) is 48.5 Å². The van der Waals surface area contributed by atoms with E-state index in [1.807, 2.05) is 15.2 Å². The summed E-state index contributed by atoms with van der Waals surface area (Å²) in [6, 6.07) is 4.75. The van der Waals surface area contributed by atoms with Crippen LogP contribution in [0.4, 0.5) is 5.82 Å². The molecule has 1 aromatic carbocycles. The van der Waals surface area contributed by atoms with Crippen LogP contribution in [0.25, 0.3) is 22.2 Å². The van der Waals surface area contributed by atoms with Crippen molar-refractivity contribution < 1.29 is 14.6 Å². The highest BCUT2D eigenvalue weighted by Crippen LogP contribution is 2.32. The van der Waals surface area contributed by atoms with Gasteiger partial charge < -0.3 is 30.0 Å². The van der Waals surface area contributed by atoms with Crippen molar-refractivity contribution in [3.05, 3.63) is 42.7 Å². The number of aliphatic hydroxyl groups excluding tert-OH is 1. The number of nitrogens with one attached hydrogen (secondary N) is 1. The first-order valence-electron chi connectivity index (χ1n) is 10.9. The van der Waals surface area contributed by atoms with Gasteiger partial charge in [0.25, 0.3) is 5.91 Å². The van der Waals surface area contributed by atoms with E-state index >= 15 is 0 Å². The summed E-state index contributed by atoms with van der Waals surface area (Å²) in [5, 5.41) is 14.1. The average molecular weight is 451 g/mol. The smallest absolute Gasteiger partial charge is 0.251 e. The van der Waals surface area contributed by atoms with Gasteiger partial charge in [-0.3, -0.25) is 4.79 Å². The third-order valence-electron chi connectivity index (χ3n) is 6.30. The van der Waals surface area contributed by atoms with Crippen LogP contribution in [0.15, 0.2) is 37.2 Å². The minimum absolute atomic E-state index is 0.241. The van der Waals surface area contributed by atoms with Gasteiger partial charge in [-0.1, -0.05) is 0 Å². The van der Waals surface area contributed by atoms with Crippen molar-refractivity contribution in [2.24, 2.45) is 0 Å². The molecular formula is C22H26N8O3. The first-order valence-corrected chi connectivity index (χ1v) is 10.9. The SMILES string of the molecule is COCCn1cnc2cc(C(=O)N[C@H]3CCC[C@H](n4cnc5c(N)ncnc54)[C@H]3O)ccc21. The molecule has 11 heteroatoms. The number of rotatable bonds is 6. The van der Waals surface area contributed by atoms with E-state index < -0.39 is 12.1 Å². The fourth-order valence-electron chi connectivity index (χ4n) is 4.56. The second-order valence-electron chi connectivity index (χ2n) is 8.29. The Kier molecular flexibility index (Phi) is 5.65. The molecule has 1 saturated carbocycles. The molecule has 3 heterocycles. The van der Waals surface area contributed by atoms with Gasteiger partial charge in [0.2, 0.25) is 0 Å². The van der Waals surface area contributed by atoms with Crippen LogP contribution < -0.4 is 11.1 Å². The minimum atomic E-state index is -0.798. The molecule has 0 saturated heterocycles. The predicted molar refractivity (Wildman–Crippen MR) is 121 cm³/mol. The molecule has 172 valence electrons. The summed E-state index contributed by atoms with van der Waals surface area (Å²) >= 11 is 0. The van der Waals surface area contributed by atoms with E-state index in [9.17, 15) is 9.90 Å². The quantitative estimate of drug-likeness (QED) is 0.398. The van der Waals surface area contributed by atoms with Crippen LogP contribution in [0.2, 0.25) is 0 Å². The Balaban J connectivity index is 1.33. The first-order chi connectivity index (χ1) is 16.1. The Morgan fingerprint density at radius 2 is 2.12 bits per heavy atom. The Morgan fingerprint density at radius 3 is 2.97 bits per heavy atom. The van der Waals surface area contributed by atoms with Crippen molar-refractivity contribution in [3.63, 3.8) is 0 Å². The summed E-state index contributed by atoms with van der Waals surface area (Å²) in [6.45, 7) is 1.27. The van der Waals surface area contributed by atoms with Crippen LogP contribution in [-0.2, 0) is 11.3 Å². The van der Waals surface area contributed by atoms with Gasteiger partial charge in [0.1, 0.15) is 11.8 Å². The van der Waals surface area contributed by atoms with E-state index in [-0.39, 0.29) is 11.9 Å². The maximum absolute atomic E-state index is 13.0. The first kappa shape index (κ1) is 21.3. The number of carbonyl (C=O) groups excluding carboxylic acids is 1. The molecule has 0 bridgehead atoms. The molecule has 3 atom stereocenters. The largest absolute Gasteiger partial charge is 0.389 e. The van der Waals surface area contributed by atoms with Gasteiger partial charge in [-0.05, 0) is 37.5 Å². The maximum Gasteiger partial charge on any atom is 0.251 e. The number of nitrogens with two attached hydrogens (primary N) is 1. The number of imidazole rings is 2. The van der Waals surface area contributed by atoms with Crippen LogP contribution in [0.5, 0.6) is 0 Å². The van der Waals surface area contributed by atoms with Gasteiger partial charge in [0, 0.05) is 19.2 Å². The molecule has 4 aromatic rings. The van der Waals surface area contributed by atoms with Crippen LogP contribution in [-0.4, -0.2) is 65.9 Å². The minimum Gasteiger partial charge on any atom is -0.389 e. The molecule has 0 aliphatic heterocycles. The lowest BCUT2D eigenvalue weighted by atomic mass is 9.87. The van der Waals surface area contributed by atoms with Crippen molar-refractivity contribution in [1.82, 2.24) is 34.4 Å². The molecule has 3 aromatic heterocycles. The van der Waals surface area contributed by atoms with Gasteiger partial charge in [-0.15, -0.1) is 0 Å². The second-order valence-corrected chi connectivity index (χ2v) is 8.29. The summed E-state index contributed by atoms with van der Waals surface area (Å²) in [4.78, 5) is 30.0. The number of nitrogens with zero attached hydrogens (tertiary/aromatic N) is 6. The molecule has 5 rings (SSSR count). The molecule has 1 aliphatic rings. The Labute approximate surface area is 189 Å². The molecule has 0 radical (unpaired) electrons. The third kappa shape index (κ3) is 3.89. The van der Waals surface area contributed by atoms with Crippen molar-refractivity contribution in [1.29, 1.82) is 0 Å². The predicted octanol–water partition coefficient (Wildman–Crippen LogP) is 1.29. The van der Waals surface area contributed by atoms with E-state index in [4.69, 9.17) is 10.5 Å². The van der Waals surface area contributed by atoms with Crippen molar-refractivity contribution in [3.8, 4) is 0 Å². The molecule has 1 fully saturated rings. The topological polar surface area (TPSA) is 146 Å². The number of methoxy groups -OCH3 is 1. The van der Waals surface area contributed by atoms with Crippen molar-refractivity contribution >= 4 is 33.9 Å². The zero-order valence-electron chi connectivity index (χ0n) is 18.3. The third-order valence-corrected chi connectivity index (χ3v) is 6.30. The fourth-order valence-corrected chi connectivity index (χ4v) is 4.56. The van der Waals surface area contributed by atoms with Gasteiger partial charge in [-0.2, -0.15) is 0 Å². The van der Waals surface area contributed by atoms with E-state index in [0.29, 0.717) is 42.1 Å². The van der Waals surface area contributed by atoms with Crippen LogP contribution in [0.3, 0.4) is 0 Å². The monoisotopic (exact) mass is 450 g/mol. The summed E-state index contributed by atoms with van der Waals surface area (Å²) in [6.07, 6.45) is 6.23. The number of amides is 1. The zero-order chi connectivity index (χ0) is 22.9. The van der Waals surface area contributed by atoms with Crippen LogP contribution in [0.1, 0.15) is 35.7 Å². The summed E-state index contributed by atoms with van der Waals surface area (Å²) in [5.74, 6) is 0.0593. The van der Waals surface area contributed by atoms with E-state index in [1.165, 1.54) is 6.33 Å². The summed E-state index contributed by atoms with van der Waals surface area (Å²) in [7, 11) is 1.66. The standard InChI is InChI=1S/C22H26N8O3/c1-33-8-7-29-11-26-15-9-13(5-6-16(15)29)22(32)28-14-3-2-4-17(19(14)31)30-12-27-18-20(23)24-10-25-21(18)30/h5-6,9-12,14,17,19,31H,2-4,7-8H2,1H3,(H,28,32)(H2,23,24,25)/t14-,17-,19-/m0/s1. The molecule has 11 nitrogen and oxygen atoms in total. The summed E-state index contributed by atoms with van der Waals surface area (Å²) in [5.41, 5.74) is 9.16. The van der Waals surface area contributed by atoms with Gasteiger partial charge >= 0.3 is 0 Å². The molecular weight excluding hydrogens is 424 g/mol. The number of carbonyl (C=O) groups is 1. The molecule has 33 heavy (non-hydrogen) atoms. The lowest BCUT2D eigenvalue weighted by Crippen LogP contribution is -2.49. The van der Waals surface area contributed by atoms with E-state index in [0.717, 1.165) is 23.9 Å². The Bertz CT molecular complexity index is 1300. The number of benzene rings is 1. The highest BCUT2D eigenvalue weighted by atomic mass is 16.5. The number of hydrogen-bond acceptors (Lipinski definition) is 8. The number of nitrogen functional groups attached to an aromatic ring is 1. The lowest BCUT2D eigenvalue weighted by molar-refractivity contribution is 0.0410. The molecule has 0 unspecified atom stereocenters. The fraction of sp³-hybridized carbons (Fsp3) is 0.409. The Morgan fingerprint density at radius 1 is 1.24 bits per heavy atom. The normalized spacial score (nSPS) is 21.0. The van der Waals surface area contributed by atoms with E-state index in [2.05, 4.69) is 25.3 Å². The van der Waals surface area contributed by atoms with Crippen molar-refractivity contribution in [2.45, 2.75) is 44.0 Å². The maximum atomic E-state index is 13.0. The molecule has 1 aliphatic carbocycles. The number of aliphatic hydroxyl groups is 1. The number of anilines is 1. The van der Waals surface area contributed by atoms with Gasteiger partial charge in [-0.25, -0.2) is 19.9 Å². The summed E-state index contributed by atoms with van der Waals surface area (Å²) < 4.78 is 8.95. The highest BCUT2D eigenvalue weighted by molar-refractivity contribution is 5.97. The molecule has 4 N–H and O–H groups in total. The van der Waals surface area contributed by atoms with Crippen LogP contribution in [0, 0.1) is 0 Å². The second kappa shape index (κ2) is 8.75. The molecule has 1 amide bonds. The van der Waals surface area contributed by atoms with Crippen molar-refractivity contribution in [2.75, 3.05) is 19.5 Å². The zero-order valence-corrected chi connectivity index (χ0v) is 18.3.